The first-order valence-corrected chi connectivity index (χ1v) is 13.2. The highest BCUT2D eigenvalue weighted by molar-refractivity contribution is 5.91. The quantitative estimate of drug-likeness (QED) is 0.184. The summed E-state index contributed by atoms with van der Waals surface area (Å²) in [6.45, 7) is -0.545. The summed E-state index contributed by atoms with van der Waals surface area (Å²) in [5.41, 5.74) is 3.62. The third-order valence-electron chi connectivity index (χ3n) is 6.98. The zero-order valence-electron chi connectivity index (χ0n) is 22.2. The number of benzene rings is 3. The molecule has 0 bridgehead atoms. The van der Waals surface area contributed by atoms with Crippen LogP contribution in [0.25, 0.3) is 28.0 Å². The van der Waals surface area contributed by atoms with Gasteiger partial charge in [-0.3, -0.25) is 5.41 Å². The molecule has 12 heteroatoms. The van der Waals surface area contributed by atoms with Crippen molar-refractivity contribution in [1.29, 1.82) is 5.41 Å². The number of rotatable bonds is 7. The number of aliphatic hydroxyl groups is 4. The Morgan fingerprint density at radius 2 is 1.60 bits per heavy atom. The molecule has 1 aliphatic heterocycles. The van der Waals surface area contributed by atoms with Crippen molar-refractivity contribution in [3.63, 3.8) is 0 Å². The fourth-order valence-corrected chi connectivity index (χ4v) is 4.72. The Morgan fingerprint density at radius 1 is 0.905 bits per heavy atom. The van der Waals surface area contributed by atoms with Crippen LogP contribution in [0, 0.1) is 5.41 Å². The van der Waals surface area contributed by atoms with Crippen molar-refractivity contribution in [1.82, 2.24) is 19.4 Å². The van der Waals surface area contributed by atoms with E-state index in [1.807, 2.05) is 60.7 Å². The van der Waals surface area contributed by atoms with Crippen molar-refractivity contribution in [2.45, 2.75) is 30.7 Å². The molecule has 1 aliphatic rings. The van der Waals surface area contributed by atoms with Crippen molar-refractivity contribution in [2.75, 3.05) is 6.61 Å². The zero-order valence-corrected chi connectivity index (χ0v) is 22.2. The molecule has 42 heavy (non-hydrogen) atoms. The van der Waals surface area contributed by atoms with E-state index in [0.29, 0.717) is 28.0 Å². The van der Waals surface area contributed by atoms with Gasteiger partial charge in [0.15, 0.2) is 11.1 Å². The number of nitrogens with zero attached hydrogens (tertiary/aromatic N) is 5. The first-order chi connectivity index (χ1) is 20.4. The minimum absolute atomic E-state index is 0.111. The van der Waals surface area contributed by atoms with Crippen LogP contribution in [-0.2, 0) is 4.74 Å². The number of hydrogen-bond acceptors (Lipinski definition) is 10. The Balaban J connectivity index is 1.27. The fraction of sp³-hybridized carbons (Fsp3) is 0.200. The van der Waals surface area contributed by atoms with Gasteiger partial charge in [0.1, 0.15) is 42.2 Å². The number of fused-ring (bicyclic) bond motifs is 1. The van der Waals surface area contributed by atoms with Gasteiger partial charge in [-0.15, -0.1) is 0 Å². The first-order valence-electron chi connectivity index (χ1n) is 13.2. The molecule has 0 aliphatic carbocycles. The van der Waals surface area contributed by atoms with Crippen molar-refractivity contribution in [3.05, 3.63) is 102 Å². The van der Waals surface area contributed by atoms with Crippen LogP contribution in [0.2, 0.25) is 0 Å². The van der Waals surface area contributed by atoms with Gasteiger partial charge in [-0.05, 0) is 42.0 Å². The van der Waals surface area contributed by atoms with Gasteiger partial charge in [-0.1, -0.05) is 48.5 Å². The number of aromatic nitrogens is 4. The number of nitrogens with one attached hydrogen (secondary N) is 1. The molecule has 0 spiro atoms. The molecular weight excluding hydrogens is 540 g/mol. The van der Waals surface area contributed by atoms with Gasteiger partial charge in [0.2, 0.25) is 6.29 Å². The van der Waals surface area contributed by atoms with E-state index in [1.54, 1.807) is 35.2 Å². The molecule has 5 N–H and O–H groups in total. The van der Waals surface area contributed by atoms with Crippen LogP contribution < -0.4 is 10.2 Å². The summed E-state index contributed by atoms with van der Waals surface area (Å²) < 4.78 is 14.1. The lowest BCUT2D eigenvalue weighted by Gasteiger charge is -2.39. The van der Waals surface area contributed by atoms with Gasteiger partial charge in [0.05, 0.1) is 23.9 Å². The second-order valence-electron chi connectivity index (χ2n) is 9.73. The van der Waals surface area contributed by atoms with Crippen LogP contribution in [0.5, 0.6) is 5.75 Å². The Labute approximate surface area is 239 Å². The maximum absolute atomic E-state index is 10.2. The molecule has 0 saturated carbocycles. The summed E-state index contributed by atoms with van der Waals surface area (Å²) in [5, 5.41) is 58.3. The maximum Gasteiger partial charge on any atom is 0.229 e. The summed E-state index contributed by atoms with van der Waals surface area (Å²) in [6.07, 6.45) is -3.82. The molecule has 5 aromatic rings. The first kappa shape index (κ1) is 27.4. The van der Waals surface area contributed by atoms with Crippen LogP contribution in [-0.4, -0.2) is 83.4 Å². The second kappa shape index (κ2) is 11.6. The van der Waals surface area contributed by atoms with E-state index in [2.05, 4.69) is 10.1 Å². The molecular formula is C30H28N6O6. The van der Waals surface area contributed by atoms with Crippen LogP contribution in [0.3, 0.4) is 0 Å². The summed E-state index contributed by atoms with van der Waals surface area (Å²) in [7, 11) is 0. The second-order valence-corrected chi connectivity index (χ2v) is 9.73. The molecule has 12 nitrogen and oxygen atoms in total. The average molecular weight is 569 g/mol. The summed E-state index contributed by atoms with van der Waals surface area (Å²) in [6, 6.07) is 25.9. The van der Waals surface area contributed by atoms with Gasteiger partial charge in [0, 0.05) is 5.56 Å². The Kier molecular flexibility index (Phi) is 7.61. The van der Waals surface area contributed by atoms with E-state index < -0.39 is 37.3 Å². The van der Waals surface area contributed by atoms with E-state index >= 15 is 0 Å². The summed E-state index contributed by atoms with van der Waals surface area (Å²) in [5.74, 6) is 0.328. The number of ether oxygens (including phenoxy) is 2. The third kappa shape index (κ3) is 5.20. The maximum atomic E-state index is 10.2. The van der Waals surface area contributed by atoms with Crippen LogP contribution >= 0.6 is 0 Å². The molecule has 3 heterocycles. The highest BCUT2D eigenvalue weighted by Gasteiger charge is 2.44. The molecule has 5 unspecified atom stereocenters. The molecule has 5 atom stereocenters. The summed E-state index contributed by atoms with van der Waals surface area (Å²) >= 11 is 0. The van der Waals surface area contributed by atoms with Crippen molar-refractivity contribution >= 4 is 17.2 Å². The normalized spacial score (nSPS) is 22.5. The van der Waals surface area contributed by atoms with Gasteiger partial charge < -0.3 is 29.9 Å². The van der Waals surface area contributed by atoms with Gasteiger partial charge >= 0.3 is 0 Å². The van der Waals surface area contributed by atoms with E-state index in [4.69, 9.17) is 20.0 Å². The van der Waals surface area contributed by atoms with Crippen LogP contribution in [0.15, 0.2) is 96.4 Å². The van der Waals surface area contributed by atoms with Crippen molar-refractivity contribution in [3.8, 4) is 22.7 Å². The Bertz CT molecular complexity index is 1750. The third-order valence-corrected chi connectivity index (χ3v) is 6.98. The lowest BCUT2D eigenvalue weighted by molar-refractivity contribution is -0.277. The average Bonchev–Trinajstić information content (AvgIpc) is 3.43. The molecule has 3 aromatic carbocycles. The van der Waals surface area contributed by atoms with Crippen LogP contribution in [0.1, 0.15) is 5.56 Å². The van der Waals surface area contributed by atoms with Crippen molar-refractivity contribution in [2.24, 2.45) is 5.10 Å². The van der Waals surface area contributed by atoms with E-state index in [-0.39, 0.29) is 5.49 Å². The smallest absolute Gasteiger partial charge is 0.229 e. The van der Waals surface area contributed by atoms with E-state index in [0.717, 1.165) is 11.3 Å². The fourth-order valence-electron chi connectivity index (χ4n) is 4.72. The predicted molar refractivity (Wildman–Crippen MR) is 152 cm³/mol. The molecule has 214 valence electrons. The van der Waals surface area contributed by atoms with Crippen LogP contribution in [0.4, 0.5) is 0 Å². The predicted octanol–water partition coefficient (Wildman–Crippen LogP) is 1.43. The lowest BCUT2D eigenvalue weighted by Crippen LogP contribution is -2.60. The summed E-state index contributed by atoms with van der Waals surface area (Å²) in [4.78, 5) is 4.60. The molecule has 1 fully saturated rings. The Morgan fingerprint density at radius 3 is 2.29 bits per heavy atom. The highest BCUT2D eigenvalue weighted by atomic mass is 16.7. The molecule has 0 amide bonds. The topological polar surface area (TPSA) is 171 Å². The lowest BCUT2D eigenvalue weighted by atomic mass is 9.99. The van der Waals surface area contributed by atoms with Gasteiger partial charge in [-0.25, -0.2) is 14.3 Å². The molecule has 0 radical (unpaired) electrons. The van der Waals surface area contributed by atoms with Gasteiger partial charge in [0.25, 0.3) is 0 Å². The van der Waals surface area contributed by atoms with Gasteiger partial charge in [-0.2, -0.15) is 10.2 Å². The SMILES string of the molecule is N=c1c2c(-c3ccccc3)nn(-c3ccccc3)c2ncn1/N=C\c1ccc(OC2OC(CO)C(O)C(O)C2O)cc1. The number of hydrogen-bond donors (Lipinski definition) is 5. The minimum atomic E-state index is -1.53. The highest BCUT2D eigenvalue weighted by Crippen LogP contribution is 2.27. The minimum Gasteiger partial charge on any atom is -0.462 e. The number of para-hydroxylation sites is 1. The molecule has 6 rings (SSSR count). The Hall–Kier alpha value is -4.72. The van der Waals surface area contributed by atoms with Crippen molar-refractivity contribution < 1.29 is 29.9 Å². The van der Waals surface area contributed by atoms with E-state index in [1.165, 1.54) is 11.0 Å². The molecule has 1 saturated heterocycles. The molecule has 2 aromatic heterocycles. The standard InChI is InChI=1S/C30H28N6O6/c31-28-23-24(19-7-3-1-4-8-19)34-36(20-9-5-2-6-10-20)29(23)32-17-35(28)33-15-18-11-13-21(14-12-18)41-30-27(40)26(39)25(38)22(16-37)42-30/h1-15,17,22,25-27,30-31,37-40H,16H2/b31-28?,33-15-. The zero-order chi connectivity index (χ0) is 29.2. The monoisotopic (exact) mass is 568 g/mol. The van der Waals surface area contributed by atoms with E-state index in [9.17, 15) is 20.4 Å². The number of aliphatic hydroxyl groups excluding tert-OH is 4. The largest absolute Gasteiger partial charge is 0.462 e.